The van der Waals surface area contributed by atoms with Gasteiger partial charge in [0.05, 0.1) is 19.4 Å². The Balaban J connectivity index is 1.76. The Morgan fingerprint density at radius 1 is 1.32 bits per heavy atom. The van der Waals surface area contributed by atoms with E-state index >= 15 is 0 Å². The molecule has 0 aromatic heterocycles. The standard InChI is InChI=1S/C15H19N3O4/c1-12(19)22-14-4-2-13(3-5-14)10-16-17-15(20)11-18-6-8-21-9-7-18/h2-5,10H,6-9,11H2,1H3,(H,17,20)/p+1/b16-10-. The molecule has 1 aromatic rings. The summed E-state index contributed by atoms with van der Waals surface area (Å²) < 4.78 is 10.2. The Bertz CT molecular complexity index is 536. The summed E-state index contributed by atoms with van der Waals surface area (Å²) in [6.45, 7) is 4.82. The van der Waals surface area contributed by atoms with Gasteiger partial charge in [-0.25, -0.2) is 5.43 Å². The molecule has 0 aliphatic carbocycles. The van der Waals surface area contributed by atoms with E-state index in [9.17, 15) is 9.59 Å². The number of carbonyl (C=O) groups excluding carboxylic acids is 2. The van der Waals surface area contributed by atoms with Gasteiger partial charge in [-0.2, -0.15) is 5.10 Å². The second-order valence-corrected chi connectivity index (χ2v) is 5.00. The molecule has 0 atom stereocenters. The molecule has 0 radical (unpaired) electrons. The fraction of sp³-hybridized carbons (Fsp3) is 0.400. The van der Waals surface area contributed by atoms with Gasteiger partial charge in [0.2, 0.25) is 0 Å². The van der Waals surface area contributed by atoms with E-state index < -0.39 is 0 Å². The van der Waals surface area contributed by atoms with Gasteiger partial charge in [0.1, 0.15) is 18.8 Å². The third-order valence-corrected chi connectivity index (χ3v) is 3.16. The van der Waals surface area contributed by atoms with Crippen molar-refractivity contribution in [3.05, 3.63) is 29.8 Å². The fourth-order valence-electron chi connectivity index (χ4n) is 2.07. The Hall–Kier alpha value is -2.25. The number of quaternary nitrogens is 1. The minimum Gasteiger partial charge on any atom is -0.427 e. The molecular formula is C15H20N3O4+. The van der Waals surface area contributed by atoms with Gasteiger partial charge < -0.3 is 14.4 Å². The van der Waals surface area contributed by atoms with Gasteiger partial charge >= 0.3 is 5.97 Å². The van der Waals surface area contributed by atoms with Gasteiger partial charge in [-0.3, -0.25) is 9.59 Å². The summed E-state index contributed by atoms with van der Waals surface area (Å²) >= 11 is 0. The minimum atomic E-state index is -0.362. The quantitative estimate of drug-likeness (QED) is 0.316. The molecule has 2 rings (SSSR count). The van der Waals surface area contributed by atoms with Crippen LogP contribution in [0, 0.1) is 0 Å². The lowest BCUT2D eigenvalue weighted by Crippen LogP contribution is -3.15. The van der Waals surface area contributed by atoms with Crippen LogP contribution in [0.2, 0.25) is 0 Å². The summed E-state index contributed by atoms with van der Waals surface area (Å²) in [5.74, 6) is -0.00595. The van der Waals surface area contributed by atoms with Crippen LogP contribution in [0.25, 0.3) is 0 Å². The maximum atomic E-state index is 11.7. The van der Waals surface area contributed by atoms with Crippen LogP contribution in [-0.4, -0.2) is 50.9 Å². The molecule has 1 aliphatic rings. The molecule has 0 spiro atoms. The van der Waals surface area contributed by atoms with Crippen LogP contribution in [0.15, 0.2) is 29.4 Å². The number of rotatable bonds is 5. The third-order valence-electron chi connectivity index (χ3n) is 3.16. The van der Waals surface area contributed by atoms with Crippen LogP contribution in [0.4, 0.5) is 0 Å². The highest BCUT2D eigenvalue weighted by Gasteiger charge is 2.16. The number of carbonyl (C=O) groups is 2. The molecule has 22 heavy (non-hydrogen) atoms. The second kappa shape index (κ2) is 8.26. The first-order valence-corrected chi connectivity index (χ1v) is 7.15. The molecule has 0 unspecified atom stereocenters. The number of ether oxygens (including phenoxy) is 2. The van der Waals surface area contributed by atoms with Crippen molar-refractivity contribution in [3.63, 3.8) is 0 Å². The molecule has 1 fully saturated rings. The third kappa shape index (κ3) is 5.63. The molecule has 7 nitrogen and oxygen atoms in total. The van der Waals surface area contributed by atoms with Gasteiger partial charge in [-0.05, 0) is 29.8 Å². The zero-order chi connectivity index (χ0) is 15.8. The highest BCUT2D eigenvalue weighted by molar-refractivity contribution is 5.83. The zero-order valence-electron chi connectivity index (χ0n) is 12.5. The number of nitrogens with one attached hydrogen (secondary N) is 2. The molecule has 118 valence electrons. The molecule has 1 aliphatic heterocycles. The predicted octanol–water partition coefficient (Wildman–Crippen LogP) is -1.02. The van der Waals surface area contributed by atoms with Crippen molar-refractivity contribution in [1.29, 1.82) is 0 Å². The number of nitrogens with zero attached hydrogens (tertiary/aromatic N) is 1. The molecule has 0 saturated carbocycles. The normalized spacial score (nSPS) is 15.7. The first-order valence-electron chi connectivity index (χ1n) is 7.15. The average molecular weight is 306 g/mol. The SMILES string of the molecule is CC(=O)Oc1ccc(/C=N\NC(=O)C[NH+]2CCOCC2)cc1. The lowest BCUT2D eigenvalue weighted by molar-refractivity contribution is -0.900. The number of esters is 1. The Labute approximate surface area is 128 Å². The summed E-state index contributed by atoms with van der Waals surface area (Å²) in [7, 11) is 0. The monoisotopic (exact) mass is 306 g/mol. The smallest absolute Gasteiger partial charge is 0.308 e. The summed E-state index contributed by atoms with van der Waals surface area (Å²) in [4.78, 5) is 23.7. The number of morpholine rings is 1. The topological polar surface area (TPSA) is 81.4 Å². The fourth-order valence-corrected chi connectivity index (χ4v) is 2.07. The van der Waals surface area contributed by atoms with Gasteiger partial charge in [0.15, 0.2) is 6.54 Å². The molecular weight excluding hydrogens is 286 g/mol. The van der Waals surface area contributed by atoms with Crippen LogP contribution in [-0.2, 0) is 14.3 Å². The summed E-state index contributed by atoms with van der Waals surface area (Å²) in [6.07, 6.45) is 1.55. The van der Waals surface area contributed by atoms with Gasteiger partial charge in [0.25, 0.3) is 5.91 Å². The highest BCUT2D eigenvalue weighted by Crippen LogP contribution is 2.10. The Kier molecular flexibility index (Phi) is 6.05. The first kappa shape index (κ1) is 16.1. The van der Waals surface area contributed by atoms with E-state index in [1.807, 2.05) is 0 Å². The lowest BCUT2D eigenvalue weighted by Gasteiger charge is -2.22. The van der Waals surface area contributed by atoms with Crippen LogP contribution in [0.3, 0.4) is 0 Å². The van der Waals surface area contributed by atoms with E-state index in [-0.39, 0.29) is 11.9 Å². The number of amides is 1. The minimum absolute atomic E-state index is 0.121. The number of hydrazone groups is 1. The van der Waals surface area contributed by atoms with Crippen molar-refractivity contribution in [2.24, 2.45) is 5.10 Å². The van der Waals surface area contributed by atoms with Crippen LogP contribution >= 0.6 is 0 Å². The van der Waals surface area contributed by atoms with Crippen molar-refractivity contribution < 1.29 is 24.0 Å². The second-order valence-electron chi connectivity index (χ2n) is 5.00. The van der Waals surface area contributed by atoms with Crippen molar-refractivity contribution >= 4 is 18.1 Å². The largest absolute Gasteiger partial charge is 0.427 e. The molecule has 0 bridgehead atoms. The number of hydrogen-bond donors (Lipinski definition) is 2. The molecule has 1 aromatic carbocycles. The van der Waals surface area contributed by atoms with E-state index in [1.54, 1.807) is 30.5 Å². The summed E-state index contributed by atoms with van der Waals surface area (Å²) in [5.41, 5.74) is 3.31. The first-order chi connectivity index (χ1) is 10.6. The average Bonchev–Trinajstić information content (AvgIpc) is 2.49. The van der Waals surface area contributed by atoms with E-state index in [0.717, 1.165) is 18.7 Å². The molecule has 7 heteroatoms. The van der Waals surface area contributed by atoms with Crippen molar-refractivity contribution in [2.45, 2.75) is 6.92 Å². The van der Waals surface area contributed by atoms with Crippen molar-refractivity contribution in [2.75, 3.05) is 32.8 Å². The van der Waals surface area contributed by atoms with E-state index in [0.29, 0.717) is 25.5 Å². The maximum absolute atomic E-state index is 11.7. The van der Waals surface area contributed by atoms with E-state index in [2.05, 4.69) is 10.5 Å². The summed E-state index contributed by atoms with van der Waals surface area (Å²) in [6, 6.07) is 6.84. The van der Waals surface area contributed by atoms with Crippen molar-refractivity contribution in [3.8, 4) is 5.75 Å². The zero-order valence-corrected chi connectivity index (χ0v) is 12.5. The van der Waals surface area contributed by atoms with Crippen LogP contribution < -0.4 is 15.1 Å². The van der Waals surface area contributed by atoms with Gasteiger partial charge in [0, 0.05) is 6.92 Å². The van der Waals surface area contributed by atoms with E-state index in [1.165, 1.54) is 11.8 Å². The molecule has 1 saturated heterocycles. The Morgan fingerprint density at radius 2 is 2.00 bits per heavy atom. The number of benzene rings is 1. The van der Waals surface area contributed by atoms with Crippen LogP contribution in [0.1, 0.15) is 12.5 Å². The molecule has 1 heterocycles. The molecule has 2 N–H and O–H groups in total. The predicted molar refractivity (Wildman–Crippen MR) is 79.9 cm³/mol. The maximum Gasteiger partial charge on any atom is 0.308 e. The molecule has 1 amide bonds. The van der Waals surface area contributed by atoms with Gasteiger partial charge in [-0.1, -0.05) is 0 Å². The lowest BCUT2D eigenvalue weighted by atomic mass is 10.2. The highest BCUT2D eigenvalue weighted by atomic mass is 16.5. The van der Waals surface area contributed by atoms with Crippen LogP contribution in [0.5, 0.6) is 5.75 Å². The van der Waals surface area contributed by atoms with E-state index in [4.69, 9.17) is 9.47 Å². The summed E-state index contributed by atoms with van der Waals surface area (Å²) in [5, 5.41) is 3.92. The Morgan fingerprint density at radius 3 is 2.64 bits per heavy atom. The van der Waals surface area contributed by atoms with Gasteiger partial charge in [-0.15, -0.1) is 0 Å². The number of hydrogen-bond acceptors (Lipinski definition) is 5. The van der Waals surface area contributed by atoms with Crippen molar-refractivity contribution in [1.82, 2.24) is 5.43 Å².